The van der Waals surface area contributed by atoms with Gasteiger partial charge in [0.05, 0.1) is 6.04 Å². The van der Waals surface area contributed by atoms with Gasteiger partial charge in [-0.05, 0) is 42.8 Å². The summed E-state index contributed by atoms with van der Waals surface area (Å²) in [7, 11) is 0. The molecule has 0 aliphatic rings. The predicted molar refractivity (Wildman–Crippen MR) is 93.6 cm³/mol. The van der Waals surface area contributed by atoms with E-state index in [0.29, 0.717) is 10.6 Å². The Bertz CT molecular complexity index is 952. The third-order valence-electron chi connectivity index (χ3n) is 3.76. The van der Waals surface area contributed by atoms with Crippen LogP contribution in [0.4, 0.5) is 14.5 Å². The Morgan fingerprint density at radius 3 is 2.62 bits per heavy atom. The molecule has 1 atom stereocenters. The van der Waals surface area contributed by atoms with Crippen molar-refractivity contribution in [3.8, 4) is 11.5 Å². The van der Waals surface area contributed by atoms with Crippen LogP contribution in [0.2, 0.25) is 5.02 Å². The Morgan fingerprint density at radius 1 is 1.27 bits per heavy atom. The Labute approximate surface area is 152 Å². The molecule has 0 unspecified atom stereocenters. The first-order chi connectivity index (χ1) is 12.3. The molecule has 26 heavy (non-hydrogen) atoms. The summed E-state index contributed by atoms with van der Waals surface area (Å²) in [6.07, 6.45) is 1.20. The van der Waals surface area contributed by atoms with Gasteiger partial charge in [0.25, 0.3) is 5.91 Å². The van der Waals surface area contributed by atoms with Gasteiger partial charge in [-0.25, -0.2) is 13.8 Å². The molecule has 1 heterocycles. The molecular formula is C18H14ClF2N3O2. The first-order valence-electron chi connectivity index (χ1n) is 7.62. The van der Waals surface area contributed by atoms with E-state index < -0.39 is 29.3 Å². The van der Waals surface area contributed by atoms with E-state index in [1.807, 2.05) is 0 Å². The highest BCUT2D eigenvalue weighted by atomic mass is 35.5. The zero-order valence-corrected chi connectivity index (χ0v) is 14.3. The maximum Gasteiger partial charge on any atom is 0.273 e. The molecule has 0 radical (unpaired) electrons. The zero-order chi connectivity index (χ0) is 18.8. The first kappa shape index (κ1) is 17.9. The number of benzene rings is 2. The van der Waals surface area contributed by atoms with E-state index in [-0.39, 0.29) is 17.1 Å². The number of nitrogen functional groups attached to an aromatic ring is 1. The largest absolute Gasteiger partial charge is 0.444 e. The van der Waals surface area contributed by atoms with E-state index in [9.17, 15) is 13.6 Å². The average molecular weight is 378 g/mol. The van der Waals surface area contributed by atoms with Crippen LogP contribution in [-0.4, -0.2) is 10.9 Å². The maximum atomic E-state index is 13.6. The third kappa shape index (κ3) is 3.67. The molecule has 3 rings (SSSR count). The fraction of sp³-hybridized carbons (Fsp3) is 0.111. The van der Waals surface area contributed by atoms with Crippen LogP contribution in [0.1, 0.15) is 29.0 Å². The number of rotatable bonds is 4. The third-order valence-corrected chi connectivity index (χ3v) is 3.99. The van der Waals surface area contributed by atoms with Crippen molar-refractivity contribution in [3.63, 3.8) is 0 Å². The first-order valence-corrected chi connectivity index (χ1v) is 7.99. The molecule has 2 aromatic carbocycles. The Morgan fingerprint density at radius 2 is 1.96 bits per heavy atom. The van der Waals surface area contributed by atoms with Crippen molar-refractivity contribution in [2.75, 3.05) is 5.73 Å². The molecule has 0 aliphatic heterocycles. The van der Waals surface area contributed by atoms with Crippen LogP contribution in [0.25, 0.3) is 11.5 Å². The van der Waals surface area contributed by atoms with E-state index in [1.54, 1.807) is 31.2 Å². The number of hydrogen-bond acceptors (Lipinski definition) is 4. The second kappa shape index (κ2) is 7.13. The summed E-state index contributed by atoms with van der Waals surface area (Å²) < 4.78 is 32.4. The summed E-state index contributed by atoms with van der Waals surface area (Å²) >= 11 is 5.92. The summed E-state index contributed by atoms with van der Waals surface area (Å²) in [5.74, 6) is -2.08. The van der Waals surface area contributed by atoms with Crippen molar-refractivity contribution in [2.45, 2.75) is 13.0 Å². The van der Waals surface area contributed by atoms with Crippen LogP contribution in [-0.2, 0) is 0 Å². The molecular weight excluding hydrogens is 364 g/mol. The number of hydrogen-bond donors (Lipinski definition) is 2. The molecule has 0 bridgehead atoms. The van der Waals surface area contributed by atoms with Gasteiger partial charge in [0.2, 0.25) is 5.89 Å². The second-order valence-corrected chi connectivity index (χ2v) is 6.08. The maximum absolute atomic E-state index is 13.6. The summed E-state index contributed by atoms with van der Waals surface area (Å²) in [5.41, 5.74) is 5.57. The van der Waals surface area contributed by atoms with Gasteiger partial charge >= 0.3 is 0 Å². The molecule has 8 heteroatoms. The van der Waals surface area contributed by atoms with Crippen molar-refractivity contribution < 1.29 is 18.0 Å². The summed E-state index contributed by atoms with van der Waals surface area (Å²) in [6.45, 7) is 1.58. The van der Waals surface area contributed by atoms with Crippen LogP contribution < -0.4 is 11.1 Å². The lowest BCUT2D eigenvalue weighted by atomic mass is 10.1. The van der Waals surface area contributed by atoms with Crippen LogP contribution in [0.3, 0.4) is 0 Å². The Balaban J connectivity index is 1.76. The fourth-order valence-electron chi connectivity index (χ4n) is 2.34. The lowest BCUT2D eigenvalue weighted by Crippen LogP contribution is -2.27. The molecule has 3 aromatic rings. The standard InChI is InChI=1S/C18H14ClF2N3O2/c1-9(11-6-13(20)16(22)14(21)7-11)23-17(25)15-8-26-18(24-15)10-3-2-4-12(19)5-10/h2-9H,22H2,1H3,(H,23,25)/t9-/m1/s1. The topological polar surface area (TPSA) is 81.2 Å². The van der Waals surface area contributed by atoms with Crippen LogP contribution in [0, 0.1) is 11.6 Å². The number of amides is 1. The summed E-state index contributed by atoms with van der Waals surface area (Å²) in [4.78, 5) is 16.4. The minimum Gasteiger partial charge on any atom is -0.444 e. The Kier molecular flexibility index (Phi) is 4.90. The average Bonchev–Trinajstić information content (AvgIpc) is 3.09. The number of oxazole rings is 1. The molecule has 0 aliphatic carbocycles. The highest BCUT2D eigenvalue weighted by Gasteiger charge is 2.18. The highest BCUT2D eigenvalue weighted by Crippen LogP contribution is 2.24. The zero-order valence-electron chi connectivity index (χ0n) is 13.6. The van der Waals surface area contributed by atoms with Crippen LogP contribution in [0.5, 0.6) is 0 Å². The smallest absolute Gasteiger partial charge is 0.273 e. The van der Waals surface area contributed by atoms with Gasteiger partial charge in [-0.15, -0.1) is 0 Å². The quantitative estimate of drug-likeness (QED) is 0.662. The van der Waals surface area contributed by atoms with E-state index in [2.05, 4.69) is 10.3 Å². The van der Waals surface area contributed by atoms with Gasteiger partial charge < -0.3 is 15.5 Å². The van der Waals surface area contributed by atoms with Crippen molar-refractivity contribution in [1.82, 2.24) is 10.3 Å². The normalized spacial score (nSPS) is 12.0. The van der Waals surface area contributed by atoms with Gasteiger partial charge in [-0.1, -0.05) is 17.7 Å². The molecule has 0 saturated carbocycles. The van der Waals surface area contributed by atoms with Crippen molar-refractivity contribution in [3.05, 3.63) is 70.6 Å². The van der Waals surface area contributed by atoms with Gasteiger partial charge in [-0.2, -0.15) is 0 Å². The van der Waals surface area contributed by atoms with Crippen LogP contribution in [0.15, 0.2) is 47.1 Å². The minimum atomic E-state index is -0.884. The monoisotopic (exact) mass is 377 g/mol. The lowest BCUT2D eigenvalue weighted by molar-refractivity contribution is 0.0934. The molecule has 5 nitrogen and oxygen atoms in total. The van der Waals surface area contributed by atoms with E-state index in [4.69, 9.17) is 21.8 Å². The van der Waals surface area contributed by atoms with Gasteiger partial charge in [0, 0.05) is 10.6 Å². The van der Waals surface area contributed by atoms with Crippen molar-refractivity contribution in [2.24, 2.45) is 0 Å². The molecule has 1 amide bonds. The number of anilines is 1. The molecule has 3 N–H and O–H groups in total. The number of nitrogens with two attached hydrogens (primary N) is 1. The second-order valence-electron chi connectivity index (χ2n) is 5.64. The fourth-order valence-corrected chi connectivity index (χ4v) is 2.53. The number of carbonyl (C=O) groups excluding carboxylic acids is 1. The van der Waals surface area contributed by atoms with Gasteiger partial charge in [0.1, 0.15) is 23.6 Å². The molecule has 0 fully saturated rings. The number of carbonyl (C=O) groups is 1. The van der Waals surface area contributed by atoms with Crippen molar-refractivity contribution >= 4 is 23.2 Å². The SMILES string of the molecule is C[C@@H](NC(=O)c1coc(-c2cccc(Cl)c2)n1)c1cc(F)c(N)c(F)c1. The summed E-state index contributed by atoms with van der Waals surface area (Å²) in [5, 5.41) is 3.11. The highest BCUT2D eigenvalue weighted by molar-refractivity contribution is 6.30. The lowest BCUT2D eigenvalue weighted by Gasteiger charge is -2.14. The minimum absolute atomic E-state index is 0.0308. The Hall–Kier alpha value is -2.93. The molecule has 0 saturated heterocycles. The van der Waals surface area contributed by atoms with Crippen molar-refractivity contribution in [1.29, 1.82) is 0 Å². The van der Waals surface area contributed by atoms with E-state index in [0.717, 1.165) is 12.1 Å². The number of halogens is 3. The molecule has 134 valence electrons. The number of nitrogens with one attached hydrogen (secondary N) is 1. The molecule has 1 aromatic heterocycles. The predicted octanol–water partition coefficient (Wildman–Crippen LogP) is 4.35. The van der Waals surface area contributed by atoms with E-state index in [1.165, 1.54) is 6.26 Å². The molecule has 0 spiro atoms. The van der Waals surface area contributed by atoms with E-state index >= 15 is 0 Å². The van der Waals surface area contributed by atoms with Gasteiger partial charge in [-0.3, -0.25) is 4.79 Å². The van der Waals surface area contributed by atoms with Gasteiger partial charge in [0.15, 0.2) is 5.69 Å². The number of nitrogens with zero attached hydrogens (tertiary/aromatic N) is 1. The number of aromatic nitrogens is 1. The van der Waals surface area contributed by atoms with Crippen LogP contribution >= 0.6 is 11.6 Å². The summed E-state index contributed by atoms with van der Waals surface area (Å²) in [6, 6.07) is 8.30.